The second-order valence-electron chi connectivity index (χ2n) is 4.25. The van der Waals surface area contributed by atoms with Crippen molar-refractivity contribution >= 4 is 11.3 Å². The lowest BCUT2D eigenvalue weighted by atomic mass is 10.3. The third kappa shape index (κ3) is 2.89. The van der Waals surface area contributed by atoms with Crippen LogP contribution in [0.5, 0.6) is 0 Å². The molecular formula is C11H13N7OS. The third-order valence-corrected chi connectivity index (χ3v) is 3.43. The number of nitrogens with zero attached hydrogens (tertiary/aromatic N) is 6. The Morgan fingerprint density at radius 1 is 1.35 bits per heavy atom. The summed E-state index contributed by atoms with van der Waals surface area (Å²) >= 11 is 1.61. The lowest BCUT2D eigenvalue weighted by Gasteiger charge is -1.92. The third-order valence-electron chi connectivity index (χ3n) is 2.61. The van der Waals surface area contributed by atoms with E-state index in [0.29, 0.717) is 31.2 Å². The molecule has 9 heteroatoms. The molecule has 0 atom stereocenters. The van der Waals surface area contributed by atoms with Crippen LogP contribution in [0.2, 0.25) is 0 Å². The Kier molecular flexibility index (Phi) is 3.52. The molecule has 20 heavy (non-hydrogen) atoms. The summed E-state index contributed by atoms with van der Waals surface area (Å²) in [6.45, 7) is 2.71. The molecule has 0 spiro atoms. The van der Waals surface area contributed by atoms with Gasteiger partial charge in [0.1, 0.15) is 6.54 Å². The van der Waals surface area contributed by atoms with Gasteiger partial charge in [0.15, 0.2) is 5.82 Å². The number of thiazole rings is 1. The van der Waals surface area contributed by atoms with Crippen molar-refractivity contribution in [2.45, 2.75) is 26.4 Å². The van der Waals surface area contributed by atoms with E-state index in [1.807, 2.05) is 12.3 Å². The smallest absolute Gasteiger partial charge is 0.248 e. The predicted molar refractivity (Wildman–Crippen MR) is 71.0 cm³/mol. The van der Waals surface area contributed by atoms with E-state index in [0.717, 1.165) is 16.4 Å². The van der Waals surface area contributed by atoms with Crippen molar-refractivity contribution in [1.29, 1.82) is 0 Å². The van der Waals surface area contributed by atoms with Gasteiger partial charge < -0.3 is 10.3 Å². The molecule has 3 aromatic rings. The highest BCUT2D eigenvalue weighted by Gasteiger charge is 2.10. The summed E-state index contributed by atoms with van der Waals surface area (Å²) in [5, 5.41) is 14.8. The average molecular weight is 291 g/mol. The summed E-state index contributed by atoms with van der Waals surface area (Å²) < 4.78 is 6.80. The van der Waals surface area contributed by atoms with E-state index in [2.05, 4.69) is 25.4 Å². The summed E-state index contributed by atoms with van der Waals surface area (Å²) in [6.07, 6.45) is 2.33. The number of aryl methyl sites for hydroxylation is 1. The van der Waals surface area contributed by atoms with Gasteiger partial charge in [0.2, 0.25) is 5.89 Å². The van der Waals surface area contributed by atoms with Gasteiger partial charge in [-0.05, 0) is 6.92 Å². The van der Waals surface area contributed by atoms with Crippen LogP contribution in [0.1, 0.15) is 28.1 Å². The van der Waals surface area contributed by atoms with E-state index >= 15 is 0 Å². The maximum atomic E-state index is 5.48. The van der Waals surface area contributed by atoms with Gasteiger partial charge in [-0.2, -0.15) is 4.98 Å². The van der Waals surface area contributed by atoms with Crippen LogP contribution in [0.25, 0.3) is 0 Å². The van der Waals surface area contributed by atoms with Crippen molar-refractivity contribution in [3.05, 3.63) is 39.7 Å². The lowest BCUT2D eigenvalue weighted by molar-refractivity contribution is 0.360. The van der Waals surface area contributed by atoms with Crippen LogP contribution in [-0.4, -0.2) is 30.1 Å². The van der Waals surface area contributed by atoms with Crippen LogP contribution in [0.3, 0.4) is 0 Å². The fraction of sp³-hybridized carbons (Fsp3) is 0.364. The van der Waals surface area contributed by atoms with E-state index in [-0.39, 0.29) is 0 Å². The topological polar surface area (TPSA) is 109 Å². The van der Waals surface area contributed by atoms with Gasteiger partial charge in [0.05, 0.1) is 29.0 Å². The van der Waals surface area contributed by atoms with Gasteiger partial charge in [-0.3, -0.25) is 0 Å². The molecular weight excluding hydrogens is 278 g/mol. The highest BCUT2D eigenvalue weighted by molar-refractivity contribution is 7.09. The number of hydrogen-bond acceptors (Lipinski definition) is 8. The molecule has 0 saturated heterocycles. The fourth-order valence-corrected chi connectivity index (χ4v) is 2.34. The van der Waals surface area contributed by atoms with Gasteiger partial charge in [0.25, 0.3) is 0 Å². The van der Waals surface area contributed by atoms with Crippen LogP contribution < -0.4 is 5.73 Å². The van der Waals surface area contributed by atoms with Gasteiger partial charge in [-0.1, -0.05) is 10.4 Å². The Morgan fingerprint density at radius 3 is 2.95 bits per heavy atom. The fourth-order valence-electron chi connectivity index (χ4n) is 1.73. The minimum absolute atomic E-state index is 0.359. The zero-order chi connectivity index (χ0) is 13.9. The van der Waals surface area contributed by atoms with E-state index in [4.69, 9.17) is 10.3 Å². The maximum absolute atomic E-state index is 5.48. The first-order chi connectivity index (χ1) is 9.72. The largest absolute Gasteiger partial charge is 0.337 e. The molecule has 3 heterocycles. The highest BCUT2D eigenvalue weighted by atomic mass is 32.1. The van der Waals surface area contributed by atoms with Gasteiger partial charge in [0, 0.05) is 11.9 Å². The number of aromatic nitrogens is 6. The summed E-state index contributed by atoms with van der Waals surface area (Å²) in [5.41, 5.74) is 7.15. The van der Waals surface area contributed by atoms with Crippen molar-refractivity contribution in [2.24, 2.45) is 5.73 Å². The molecule has 0 aliphatic carbocycles. The monoisotopic (exact) mass is 291 g/mol. The van der Waals surface area contributed by atoms with Crippen LogP contribution in [0.15, 0.2) is 16.1 Å². The molecule has 0 fully saturated rings. The first-order valence-electron chi connectivity index (χ1n) is 6.04. The number of nitrogens with two attached hydrogens (primary N) is 1. The van der Waals surface area contributed by atoms with Gasteiger partial charge in [-0.15, -0.1) is 16.4 Å². The maximum Gasteiger partial charge on any atom is 0.248 e. The minimum Gasteiger partial charge on any atom is -0.337 e. The quantitative estimate of drug-likeness (QED) is 0.730. The molecule has 3 rings (SSSR count). The number of hydrogen-bond donors (Lipinski definition) is 1. The van der Waals surface area contributed by atoms with E-state index in [9.17, 15) is 0 Å². The molecule has 0 amide bonds. The zero-order valence-electron chi connectivity index (χ0n) is 10.9. The molecule has 0 aromatic carbocycles. The molecule has 0 bridgehead atoms. The second-order valence-corrected chi connectivity index (χ2v) is 5.31. The molecule has 0 radical (unpaired) electrons. The average Bonchev–Trinajstić information content (AvgIpc) is 3.13. The Morgan fingerprint density at radius 2 is 2.25 bits per heavy atom. The Hall–Kier alpha value is -2.13. The standard InChI is InChI=1S/C11H13N7OS/c1-7-13-8(6-20-7)2-10-14-11(19-16-10)5-18-4-9(3-12)15-17-18/h4,6H,2-3,5,12H2,1H3. The van der Waals surface area contributed by atoms with Crippen molar-refractivity contribution in [3.8, 4) is 0 Å². The Labute approximate surface area is 118 Å². The van der Waals surface area contributed by atoms with E-state index in [1.165, 1.54) is 0 Å². The van der Waals surface area contributed by atoms with Crippen molar-refractivity contribution in [2.75, 3.05) is 0 Å². The van der Waals surface area contributed by atoms with Gasteiger partial charge in [-0.25, -0.2) is 9.67 Å². The van der Waals surface area contributed by atoms with Crippen LogP contribution in [0.4, 0.5) is 0 Å². The Bertz CT molecular complexity index is 701. The lowest BCUT2D eigenvalue weighted by Crippen LogP contribution is -2.01. The normalized spacial score (nSPS) is 11.1. The second kappa shape index (κ2) is 5.47. The van der Waals surface area contributed by atoms with Crippen molar-refractivity contribution < 1.29 is 4.52 Å². The first-order valence-corrected chi connectivity index (χ1v) is 6.92. The highest BCUT2D eigenvalue weighted by Crippen LogP contribution is 2.11. The summed E-state index contributed by atoms with van der Waals surface area (Å²) in [6, 6.07) is 0. The number of rotatable bonds is 5. The van der Waals surface area contributed by atoms with Crippen LogP contribution >= 0.6 is 11.3 Å². The molecule has 104 valence electrons. The van der Waals surface area contributed by atoms with Crippen molar-refractivity contribution in [1.82, 2.24) is 30.1 Å². The SMILES string of the molecule is Cc1nc(Cc2noc(Cn3cc(CN)nn3)n2)cs1. The summed E-state index contributed by atoms with van der Waals surface area (Å²) in [7, 11) is 0. The molecule has 8 nitrogen and oxygen atoms in total. The van der Waals surface area contributed by atoms with Gasteiger partial charge >= 0.3 is 0 Å². The summed E-state index contributed by atoms with van der Waals surface area (Å²) in [5.74, 6) is 1.10. The van der Waals surface area contributed by atoms with Crippen LogP contribution in [0, 0.1) is 6.92 Å². The molecule has 0 unspecified atom stereocenters. The zero-order valence-corrected chi connectivity index (χ0v) is 11.7. The molecule has 3 aromatic heterocycles. The first kappa shape index (κ1) is 12.9. The molecule has 0 saturated carbocycles. The molecule has 2 N–H and O–H groups in total. The molecule has 0 aliphatic heterocycles. The predicted octanol–water partition coefficient (Wildman–Crippen LogP) is 0.524. The Balaban J connectivity index is 1.67. The summed E-state index contributed by atoms with van der Waals surface area (Å²) in [4.78, 5) is 8.68. The van der Waals surface area contributed by atoms with E-state index in [1.54, 1.807) is 22.2 Å². The minimum atomic E-state index is 0.359. The van der Waals surface area contributed by atoms with Crippen LogP contribution in [-0.2, 0) is 19.5 Å². The van der Waals surface area contributed by atoms with E-state index < -0.39 is 0 Å². The molecule has 0 aliphatic rings. The van der Waals surface area contributed by atoms with Crippen molar-refractivity contribution in [3.63, 3.8) is 0 Å².